The molecule has 2 rings (SSSR count). The molecule has 2 aromatic rings. The lowest BCUT2D eigenvalue weighted by molar-refractivity contribution is 0.0943. The van der Waals surface area contributed by atoms with E-state index < -0.39 is 0 Å². The zero-order valence-electron chi connectivity index (χ0n) is 14.1. The van der Waals surface area contributed by atoms with Gasteiger partial charge in [0.25, 0.3) is 5.91 Å². The Hall–Kier alpha value is -1.78. The number of carbonyl (C=O) groups is 1. The number of amides is 1. The van der Waals surface area contributed by atoms with Gasteiger partial charge in [0, 0.05) is 23.6 Å². The molecule has 0 bridgehead atoms. The van der Waals surface area contributed by atoms with E-state index in [9.17, 15) is 4.79 Å². The largest absolute Gasteiger partial charge is 0.380 e. The van der Waals surface area contributed by atoms with E-state index in [0.717, 1.165) is 16.7 Å². The maximum absolute atomic E-state index is 12.2. The van der Waals surface area contributed by atoms with Gasteiger partial charge in [-0.25, -0.2) is 0 Å². The van der Waals surface area contributed by atoms with Crippen LogP contribution < -0.4 is 5.32 Å². The SMILES string of the molecule is COCc1cc(C(=O)NC(C)C)ccc1-c1ccc(SC)cc1. The fourth-order valence-corrected chi connectivity index (χ4v) is 2.82. The van der Waals surface area contributed by atoms with Crippen LogP contribution in [0.1, 0.15) is 29.8 Å². The molecule has 1 amide bonds. The lowest BCUT2D eigenvalue weighted by atomic mass is 9.97. The highest BCUT2D eigenvalue weighted by molar-refractivity contribution is 7.98. The summed E-state index contributed by atoms with van der Waals surface area (Å²) in [5.74, 6) is -0.0540. The molecule has 4 heteroatoms. The molecule has 0 aromatic heterocycles. The number of carbonyl (C=O) groups excluding carboxylic acids is 1. The van der Waals surface area contributed by atoms with E-state index in [1.165, 1.54) is 4.90 Å². The molecule has 0 saturated carbocycles. The molecule has 122 valence electrons. The number of methoxy groups -OCH3 is 1. The minimum Gasteiger partial charge on any atom is -0.380 e. The molecule has 23 heavy (non-hydrogen) atoms. The average molecular weight is 329 g/mol. The van der Waals surface area contributed by atoms with Gasteiger partial charge in [-0.1, -0.05) is 18.2 Å². The van der Waals surface area contributed by atoms with Crippen molar-refractivity contribution in [2.45, 2.75) is 31.4 Å². The summed E-state index contributed by atoms with van der Waals surface area (Å²) in [7, 11) is 1.67. The van der Waals surface area contributed by atoms with Crippen molar-refractivity contribution in [1.82, 2.24) is 5.32 Å². The molecule has 0 aliphatic carbocycles. The van der Waals surface area contributed by atoms with Gasteiger partial charge in [-0.2, -0.15) is 0 Å². The normalized spacial score (nSPS) is 10.8. The molecule has 2 aromatic carbocycles. The molecule has 0 fully saturated rings. The summed E-state index contributed by atoms with van der Waals surface area (Å²) >= 11 is 1.72. The maximum atomic E-state index is 12.2. The molecule has 0 aliphatic heterocycles. The molecule has 0 unspecified atom stereocenters. The van der Waals surface area contributed by atoms with Crippen LogP contribution >= 0.6 is 11.8 Å². The molecule has 0 saturated heterocycles. The van der Waals surface area contributed by atoms with Gasteiger partial charge in [0.15, 0.2) is 0 Å². The summed E-state index contributed by atoms with van der Waals surface area (Å²) < 4.78 is 5.31. The second-order valence-electron chi connectivity index (χ2n) is 5.66. The number of benzene rings is 2. The van der Waals surface area contributed by atoms with Crippen molar-refractivity contribution in [3.05, 3.63) is 53.6 Å². The summed E-state index contributed by atoms with van der Waals surface area (Å²) in [5.41, 5.74) is 3.90. The first-order chi connectivity index (χ1) is 11.0. The van der Waals surface area contributed by atoms with Crippen LogP contribution in [0, 0.1) is 0 Å². The highest BCUT2D eigenvalue weighted by atomic mass is 32.2. The van der Waals surface area contributed by atoms with Crippen LogP contribution in [-0.4, -0.2) is 25.3 Å². The molecule has 3 nitrogen and oxygen atoms in total. The Balaban J connectivity index is 2.37. The average Bonchev–Trinajstić information content (AvgIpc) is 2.54. The van der Waals surface area contributed by atoms with Crippen molar-refractivity contribution in [3.8, 4) is 11.1 Å². The van der Waals surface area contributed by atoms with Gasteiger partial charge in [0.2, 0.25) is 0 Å². The second kappa shape index (κ2) is 8.18. The fraction of sp³-hybridized carbons (Fsp3) is 0.316. The van der Waals surface area contributed by atoms with Gasteiger partial charge in [0.1, 0.15) is 0 Å². The molecule has 1 N–H and O–H groups in total. The first kappa shape index (κ1) is 17.6. The summed E-state index contributed by atoms with van der Waals surface area (Å²) in [6, 6.07) is 14.3. The van der Waals surface area contributed by atoms with E-state index in [4.69, 9.17) is 4.74 Å². The highest BCUT2D eigenvalue weighted by Crippen LogP contribution is 2.27. The lowest BCUT2D eigenvalue weighted by Crippen LogP contribution is -2.30. The molecular formula is C19H23NO2S. The molecule has 0 atom stereocenters. The number of thioether (sulfide) groups is 1. The van der Waals surface area contributed by atoms with Crippen LogP contribution in [0.15, 0.2) is 47.4 Å². The van der Waals surface area contributed by atoms with Crippen LogP contribution in [0.25, 0.3) is 11.1 Å². The third kappa shape index (κ3) is 4.60. The monoisotopic (exact) mass is 329 g/mol. The predicted molar refractivity (Wildman–Crippen MR) is 97.0 cm³/mol. The first-order valence-electron chi connectivity index (χ1n) is 7.62. The summed E-state index contributed by atoms with van der Waals surface area (Å²) in [6.45, 7) is 4.38. The van der Waals surface area contributed by atoms with Crippen LogP contribution in [0.2, 0.25) is 0 Å². The van der Waals surface area contributed by atoms with Crippen molar-refractivity contribution in [2.75, 3.05) is 13.4 Å². The van der Waals surface area contributed by atoms with Gasteiger partial charge < -0.3 is 10.1 Å². The molecule has 0 spiro atoms. The fourth-order valence-electron chi connectivity index (χ4n) is 2.41. The third-order valence-corrected chi connectivity index (χ3v) is 4.23. The van der Waals surface area contributed by atoms with Gasteiger partial charge in [0.05, 0.1) is 6.61 Å². The number of nitrogens with one attached hydrogen (secondary N) is 1. The Bertz CT molecular complexity index is 666. The van der Waals surface area contributed by atoms with Crippen molar-refractivity contribution in [3.63, 3.8) is 0 Å². The topological polar surface area (TPSA) is 38.3 Å². The summed E-state index contributed by atoms with van der Waals surface area (Å²) in [5, 5.41) is 2.92. The Morgan fingerprint density at radius 3 is 2.43 bits per heavy atom. The lowest BCUT2D eigenvalue weighted by Gasteiger charge is -2.13. The standard InChI is InChI=1S/C19H23NO2S/c1-13(2)20-19(21)15-7-10-18(16(11-15)12-22-3)14-5-8-17(23-4)9-6-14/h5-11,13H,12H2,1-4H3,(H,20,21). The molecule has 0 aliphatic rings. The van der Waals surface area contributed by atoms with Gasteiger partial charge >= 0.3 is 0 Å². The van der Waals surface area contributed by atoms with Crippen molar-refractivity contribution < 1.29 is 9.53 Å². The Labute approximate surface area is 142 Å². The Kier molecular flexibility index (Phi) is 6.25. The predicted octanol–water partition coefficient (Wildman–Crippen LogP) is 4.36. The van der Waals surface area contributed by atoms with E-state index in [1.54, 1.807) is 18.9 Å². The van der Waals surface area contributed by atoms with E-state index in [0.29, 0.717) is 12.2 Å². The minimum absolute atomic E-state index is 0.0540. The highest BCUT2D eigenvalue weighted by Gasteiger charge is 2.12. The number of rotatable bonds is 6. The number of hydrogen-bond donors (Lipinski definition) is 1. The smallest absolute Gasteiger partial charge is 0.251 e. The van der Waals surface area contributed by atoms with Crippen LogP contribution in [-0.2, 0) is 11.3 Å². The van der Waals surface area contributed by atoms with Crippen LogP contribution in [0.5, 0.6) is 0 Å². The van der Waals surface area contributed by atoms with E-state index in [2.05, 4.69) is 35.8 Å². The van der Waals surface area contributed by atoms with Gasteiger partial charge in [-0.15, -0.1) is 11.8 Å². The first-order valence-corrected chi connectivity index (χ1v) is 8.84. The van der Waals surface area contributed by atoms with E-state index in [-0.39, 0.29) is 11.9 Å². The minimum atomic E-state index is -0.0540. The molecule has 0 heterocycles. The quantitative estimate of drug-likeness (QED) is 0.800. The van der Waals surface area contributed by atoms with Crippen molar-refractivity contribution in [2.24, 2.45) is 0 Å². The van der Waals surface area contributed by atoms with E-state index >= 15 is 0 Å². The van der Waals surface area contributed by atoms with Gasteiger partial charge in [-0.3, -0.25) is 4.79 Å². The van der Waals surface area contributed by atoms with Crippen molar-refractivity contribution in [1.29, 1.82) is 0 Å². The zero-order valence-corrected chi connectivity index (χ0v) is 14.9. The zero-order chi connectivity index (χ0) is 16.8. The van der Waals surface area contributed by atoms with E-state index in [1.807, 2.05) is 32.0 Å². The maximum Gasteiger partial charge on any atom is 0.251 e. The number of hydrogen-bond acceptors (Lipinski definition) is 3. The molecular weight excluding hydrogens is 306 g/mol. The molecule has 0 radical (unpaired) electrons. The summed E-state index contributed by atoms with van der Waals surface area (Å²) in [4.78, 5) is 13.4. The van der Waals surface area contributed by atoms with Gasteiger partial charge in [-0.05, 0) is 61.1 Å². The van der Waals surface area contributed by atoms with Crippen LogP contribution in [0.3, 0.4) is 0 Å². The van der Waals surface area contributed by atoms with Crippen LogP contribution in [0.4, 0.5) is 0 Å². The third-order valence-electron chi connectivity index (χ3n) is 3.49. The Morgan fingerprint density at radius 1 is 1.17 bits per heavy atom. The number of ether oxygens (including phenoxy) is 1. The van der Waals surface area contributed by atoms with Crippen molar-refractivity contribution >= 4 is 17.7 Å². The second-order valence-corrected chi connectivity index (χ2v) is 6.54. The Morgan fingerprint density at radius 2 is 1.87 bits per heavy atom. The summed E-state index contributed by atoms with van der Waals surface area (Å²) in [6.07, 6.45) is 2.06.